The molecule has 1 heterocycles. The molecule has 1 aliphatic heterocycles. The van der Waals surface area contributed by atoms with E-state index in [1.54, 1.807) is 12.1 Å². The molecule has 1 unspecified atom stereocenters. The molecule has 8 heteroatoms. The van der Waals surface area contributed by atoms with Gasteiger partial charge in [-0.2, -0.15) is 0 Å². The van der Waals surface area contributed by atoms with Crippen molar-refractivity contribution in [2.45, 2.75) is 26.2 Å². The lowest BCUT2D eigenvalue weighted by Gasteiger charge is -2.25. The molecule has 1 aromatic rings. The third-order valence-corrected chi connectivity index (χ3v) is 4.97. The van der Waals surface area contributed by atoms with Crippen LogP contribution in [0.15, 0.2) is 29.3 Å². The van der Waals surface area contributed by atoms with E-state index in [0.717, 1.165) is 45.0 Å². The second kappa shape index (κ2) is 13.2. The summed E-state index contributed by atoms with van der Waals surface area (Å²) in [4.78, 5) is 6.63. The number of anilines is 1. The number of rotatable bonds is 10. The lowest BCUT2D eigenvalue weighted by atomic mass is 9.84. The number of aliphatic imine (C=N–C) groups is 1. The first-order valence-electron chi connectivity index (χ1n) is 9.77. The van der Waals surface area contributed by atoms with Crippen LogP contribution in [-0.2, 0) is 4.74 Å². The molecule has 0 aromatic heterocycles. The number of halogens is 2. The fourth-order valence-corrected chi connectivity index (χ4v) is 3.28. The maximum absolute atomic E-state index is 13.8. The van der Waals surface area contributed by atoms with Gasteiger partial charge >= 0.3 is 0 Å². The molecule has 0 saturated carbocycles. The van der Waals surface area contributed by atoms with Crippen LogP contribution in [0.2, 0.25) is 0 Å². The number of nitrogens with one attached hydrogen (secondary N) is 2. The Morgan fingerprint density at radius 3 is 2.79 bits per heavy atom. The molecule has 0 bridgehead atoms. The first-order chi connectivity index (χ1) is 13.1. The highest BCUT2D eigenvalue weighted by molar-refractivity contribution is 14.0. The number of aliphatic hydroxyl groups excluding tert-OH is 1. The predicted molar refractivity (Wildman–Crippen MR) is 123 cm³/mol. The third-order valence-electron chi connectivity index (χ3n) is 4.97. The Morgan fingerprint density at radius 1 is 1.36 bits per heavy atom. The summed E-state index contributed by atoms with van der Waals surface area (Å²) in [5, 5.41) is 15.9. The van der Waals surface area contributed by atoms with Gasteiger partial charge in [-0.3, -0.25) is 4.99 Å². The zero-order valence-electron chi connectivity index (χ0n) is 16.9. The van der Waals surface area contributed by atoms with Crippen LogP contribution in [0, 0.1) is 11.2 Å². The average Bonchev–Trinajstić information content (AvgIpc) is 3.12. The first kappa shape index (κ1) is 24.9. The van der Waals surface area contributed by atoms with E-state index < -0.39 is 0 Å². The van der Waals surface area contributed by atoms with E-state index >= 15 is 0 Å². The fraction of sp³-hybridized carbons (Fsp3) is 0.650. The maximum Gasteiger partial charge on any atom is 0.191 e. The second-order valence-electron chi connectivity index (χ2n) is 7.12. The SMILES string of the molecule is CCNC(=NCC1(CCO)CCOC1)NCCCN(C)c1ccccc1F.I. The third kappa shape index (κ3) is 7.71. The van der Waals surface area contributed by atoms with Crippen molar-refractivity contribution in [1.29, 1.82) is 0 Å². The monoisotopic (exact) mass is 508 g/mol. The van der Waals surface area contributed by atoms with Gasteiger partial charge in [-0.05, 0) is 38.3 Å². The average molecular weight is 508 g/mol. The molecular formula is C20H34FIN4O2. The van der Waals surface area contributed by atoms with Crippen molar-refractivity contribution in [2.24, 2.45) is 10.4 Å². The lowest BCUT2D eigenvalue weighted by molar-refractivity contribution is 0.131. The molecule has 0 amide bonds. The zero-order valence-corrected chi connectivity index (χ0v) is 19.2. The van der Waals surface area contributed by atoms with Crippen LogP contribution in [0.5, 0.6) is 0 Å². The molecule has 1 aliphatic rings. The highest BCUT2D eigenvalue weighted by Crippen LogP contribution is 2.32. The number of aliphatic hydroxyl groups is 1. The number of hydrogen-bond acceptors (Lipinski definition) is 4. The van der Waals surface area contributed by atoms with Gasteiger partial charge in [0.15, 0.2) is 5.96 Å². The van der Waals surface area contributed by atoms with Crippen molar-refractivity contribution in [3.8, 4) is 0 Å². The Balaban J connectivity index is 0.00000392. The van der Waals surface area contributed by atoms with Crippen LogP contribution in [0.1, 0.15) is 26.2 Å². The van der Waals surface area contributed by atoms with Crippen molar-refractivity contribution in [3.63, 3.8) is 0 Å². The second-order valence-corrected chi connectivity index (χ2v) is 7.12. The summed E-state index contributed by atoms with van der Waals surface area (Å²) in [5.74, 6) is 0.575. The Labute approximate surface area is 185 Å². The Bertz CT molecular complexity index is 597. The van der Waals surface area contributed by atoms with E-state index in [9.17, 15) is 9.50 Å². The van der Waals surface area contributed by atoms with Crippen molar-refractivity contribution < 1.29 is 14.2 Å². The van der Waals surface area contributed by atoms with Crippen molar-refractivity contribution in [1.82, 2.24) is 10.6 Å². The molecule has 3 N–H and O–H groups in total. The van der Waals surface area contributed by atoms with Gasteiger partial charge in [0.25, 0.3) is 0 Å². The summed E-state index contributed by atoms with van der Waals surface area (Å²) in [7, 11) is 1.90. The number of benzene rings is 1. The van der Waals surface area contributed by atoms with E-state index in [4.69, 9.17) is 9.73 Å². The molecule has 160 valence electrons. The number of nitrogens with zero attached hydrogens (tertiary/aromatic N) is 2. The normalized spacial score (nSPS) is 19.2. The molecule has 1 aromatic carbocycles. The van der Waals surface area contributed by atoms with Gasteiger partial charge in [-0.25, -0.2) is 4.39 Å². The van der Waals surface area contributed by atoms with Crippen LogP contribution in [0.3, 0.4) is 0 Å². The Kier molecular flexibility index (Phi) is 11.7. The summed E-state index contributed by atoms with van der Waals surface area (Å²) in [6.45, 7) is 6.49. The quantitative estimate of drug-likeness (QED) is 0.196. The van der Waals surface area contributed by atoms with Crippen LogP contribution in [0.25, 0.3) is 0 Å². The summed E-state index contributed by atoms with van der Waals surface area (Å²) in [5.41, 5.74) is 0.563. The van der Waals surface area contributed by atoms with E-state index in [1.165, 1.54) is 6.07 Å². The molecule has 2 rings (SSSR count). The lowest BCUT2D eigenvalue weighted by Crippen LogP contribution is -2.40. The van der Waals surface area contributed by atoms with Crippen LogP contribution >= 0.6 is 24.0 Å². The van der Waals surface area contributed by atoms with Crippen molar-refractivity contribution in [3.05, 3.63) is 30.1 Å². The molecule has 1 fully saturated rings. The molecule has 6 nitrogen and oxygen atoms in total. The van der Waals surface area contributed by atoms with Crippen LogP contribution in [-0.4, -0.2) is 64.1 Å². The molecule has 1 atom stereocenters. The largest absolute Gasteiger partial charge is 0.396 e. The molecule has 0 spiro atoms. The maximum atomic E-state index is 13.8. The Hall–Kier alpha value is -1.13. The van der Waals surface area contributed by atoms with Crippen LogP contribution < -0.4 is 15.5 Å². The summed E-state index contributed by atoms with van der Waals surface area (Å²) >= 11 is 0. The van der Waals surface area contributed by atoms with Gasteiger partial charge in [0.05, 0.1) is 18.8 Å². The number of para-hydroxylation sites is 1. The minimum absolute atomic E-state index is 0. The van der Waals surface area contributed by atoms with Crippen LogP contribution in [0.4, 0.5) is 10.1 Å². The molecule has 0 aliphatic carbocycles. The molecule has 0 radical (unpaired) electrons. The molecule has 28 heavy (non-hydrogen) atoms. The van der Waals surface area contributed by atoms with Gasteiger partial charge in [-0.1, -0.05) is 12.1 Å². The summed E-state index contributed by atoms with van der Waals surface area (Å²) in [6.07, 6.45) is 2.51. The Morgan fingerprint density at radius 2 is 2.14 bits per heavy atom. The topological polar surface area (TPSA) is 69.1 Å². The minimum Gasteiger partial charge on any atom is -0.396 e. The minimum atomic E-state index is -0.198. The van der Waals surface area contributed by atoms with E-state index in [1.807, 2.05) is 24.9 Å². The summed E-state index contributed by atoms with van der Waals surface area (Å²) in [6, 6.07) is 6.82. The molecule has 1 saturated heterocycles. The zero-order chi connectivity index (χ0) is 19.5. The van der Waals surface area contributed by atoms with Gasteiger partial charge < -0.3 is 25.4 Å². The van der Waals surface area contributed by atoms with Gasteiger partial charge in [0.2, 0.25) is 0 Å². The highest BCUT2D eigenvalue weighted by atomic mass is 127. The first-order valence-corrected chi connectivity index (χ1v) is 9.77. The van der Waals surface area contributed by atoms with E-state index in [0.29, 0.717) is 25.3 Å². The predicted octanol–water partition coefficient (Wildman–Crippen LogP) is 2.61. The smallest absolute Gasteiger partial charge is 0.191 e. The van der Waals surface area contributed by atoms with Gasteiger partial charge in [0.1, 0.15) is 5.82 Å². The van der Waals surface area contributed by atoms with Crippen molar-refractivity contribution in [2.75, 3.05) is 57.9 Å². The fourth-order valence-electron chi connectivity index (χ4n) is 3.28. The molecular weight excluding hydrogens is 474 g/mol. The number of ether oxygens (including phenoxy) is 1. The van der Waals surface area contributed by atoms with Gasteiger partial charge in [0, 0.05) is 45.3 Å². The summed E-state index contributed by atoms with van der Waals surface area (Å²) < 4.78 is 19.3. The van der Waals surface area contributed by atoms with Gasteiger partial charge in [-0.15, -0.1) is 24.0 Å². The highest BCUT2D eigenvalue weighted by Gasteiger charge is 2.34. The standard InChI is InChI=1S/C20H33FN4O2.HI/c1-3-22-19(24-15-20(9-13-26)10-14-27-16-20)23-11-6-12-25(2)18-8-5-4-7-17(18)21;/h4-5,7-8,26H,3,6,9-16H2,1-2H3,(H2,22,23,24);1H. The number of hydrogen-bond donors (Lipinski definition) is 3. The van der Waals surface area contributed by atoms with E-state index in [2.05, 4.69) is 10.6 Å². The number of guanidine groups is 1. The van der Waals surface area contributed by atoms with Crippen molar-refractivity contribution >= 4 is 35.6 Å². The van der Waals surface area contributed by atoms with E-state index in [-0.39, 0.29) is 41.8 Å².